The molecule has 0 fully saturated rings. The van der Waals surface area contributed by atoms with Crippen molar-refractivity contribution in [3.63, 3.8) is 0 Å². The summed E-state index contributed by atoms with van der Waals surface area (Å²) in [7, 11) is 0. The van der Waals surface area contributed by atoms with Gasteiger partial charge in [-0.15, -0.1) is 0 Å². The average Bonchev–Trinajstić information content (AvgIpc) is 2.29. The van der Waals surface area contributed by atoms with E-state index in [1.807, 2.05) is 0 Å². The van der Waals surface area contributed by atoms with E-state index in [-0.39, 0.29) is 0 Å². The van der Waals surface area contributed by atoms with Gasteiger partial charge in [0.25, 0.3) is 0 Å². The van der Waals surface area contributed by atoms with Crippen LogP contribution in [0.25, 0.3) is 0 Å². The lowest BCUT2D eigenvalue weighted by atomic mass is 10.0. The van der Waals surface area contributed by atoms with E-state index in [1.54, 1.807) is 0 Å². The first kappa shape index (κ1) is 7.81. The molecular weight excluding hydrogens is 148 g/mol. The Hall–Kier alpha value is -0.820. The van der Waals surface area contributed by atoms with Gasteiger partial charge >= 0.3 is 0 Å². The largest absolute Gasteiger partial charge is 0.376 e. The van der Waals surface area contributed by atoms with Crippen LogP contribution in [0.4, 0.5) is 0 Å². The summed E-state index contributed by atoms with van der Waals surface area (Å²) in [5.41, 5.74) is 2.82. The molecule has 0 amide bonds. The molecular formula is C11H14O. The lowest BCUT2D eigenvalue weighted by Gasteiger charge is -2.15. The van der Waals surface area contributed by atoms with Crippen molar-refractivity contribution in [3.05, 3.63) is 35.5 Å². The van der Waals surface area contributed by atoms with Crippen molar-refractivity contribution in [1.29, 1.82) is 0 Å². The zero-order valence-corrected chi connectivity index (χ0v) is 7.42. The van der Waals surface area contributed by atoms with Crippen LogP contribution in [0.2, 0.25) is 0 Å². The lowest BCUT2D eigenvalue weighted by Crippen LogP contribution is -2.08. The van der Waals surface area contributed by atoms with E-state index in [2.05, 4.69) is 31.2 Å². The second kappa shape index (κ2) is 3.28. The first-order valence-electron chi connectivity index (χ1n) is 4.52. The van der Waals surface area contributed by atoms with Crippen molar-refractivity contribution in [3.8, 4) is 0 Å². The van der Waals surface area contributed by atoms with Gasteiger partial charge in [0.1, 0.15) is 0 Å². The molecule has 0 saturated heterocycles. The summed E-state index contributed by atoms with van der Waals surface area (Å²) in [5.74, 6) is 0.565. The average molecular weight is 162 g/mol. The Labute approximate surface area is 73.4 Å². The van der Waals surface area contributed by atoms with Gasteiger partial charge in [-0.3, -0.25) is 0 Å². The van der Waals surface area contributed by atoms with Gasteiger partial charge in [-0.05, 0) is 23.5 Å². The first-order valence-corrected chi connectivity index (χ1v) is 4.52. The zero-order valence-electron chi connectivity index (χ0n) is 7.42. The lowest BCUT2D eigenvalue weighted by molar-refractivity contribution is 0.150. The highest BCUT2D eigenvalue weighted by Crippen LogP contribution is 2.22. The smallest absolute Gasteiger partial charge is 0.0719 e. The summed E-state index contributed by atoms with van der Waals surface area (Å²) < 4.78 is 5.39. The molecule has 0 aromatic carbocycles. The second-order valence-electron chi connectivity index (χ2n) is 3.43. The van der Waals surface area contributed by atoms with E-state index in [1.165, 1.54) is 11.1 Å². The number of hydrogen-bond acceptors (Lipinski definition) is 1. The van der Waals surface area contributed by atoms with E-state index in [0.717, 1.165) is 19.6 Å². The highest BCUT2D eigenvalue weighted by Gasteiger charge is 2.10. The number of rotatable bonds is 0. The van der Waals surface area contributed by atoms with Crippen LogP contribution in [0.1, 0.15) is 13.3 Å². The molecule has 1 nitrogen and oxygen atoms in total. The van der Waals surface area contributed by atoms with Gasteiger partial charge < -0.3 is 4.74 Å². The van der Waals surface area contributed by atoms with Crippen molar-refractivity contribution in [1.82, 2.24) is 0 Å². The zero-order chi connectivity index (χ0) is 8.39. The SMILES string of the molecule is CC1C=CC2=C(C=C1)COCC2. The molecule has 0 N–H and O–H groups in total. The van der Waals surface area contributed by atoms with Gasteiger partial charge in [0.15, 0.2) is 0 Å². The minimum Gasteiger partial charge on any atom is -0.376 e. The monoisotopic (exact) mass is 162 g/mol. The molecule has 1 atom stereocenters. The Morgan fingerprint density at radius 1 is 1.25 bits per heavy atom. The molecule has 1 unspecified atom stereocenters. The predicted molar refractivity (Wildman–Crippen MR) is 49.9 cm³/mol. The Balaban J connectivity index is 2.29. The fraction of sp³-hybridized carbons (Fsp3) is 0.455. The summed E-state index contributed by atoms with van der Waals surface area (Å²) in [6.45, 7) is 3.88. The quantitative estimate of drug-likeness (QED) is 0.531. The minimum absolute atomic E-state index is 0.565. The minimum atomic E-state index is 0.565. The van der Waals surface area contributed by atoms with E-state index in [0.29, 0.717) is 5.92 Å². The molecule has 0 aromatic heterocycles. The van der Waals surface area contributed by atoms with Gasteiger partial charge in [-0.25, -0.2) is 0 Å². The molecule has 1 heterocycles. The maximum absolute atomic E-state index is 5.39. The first-order chi connectivity index (χ1) is 5.86. The molecule has 1 aliphatic heterocycles. The van der Waals surface area contributed by atoms with Gasteiger partial charge in [-0.1, -0.05) is 31.2 Å². The van der Waals surface area contributed by atoms with Crippen LogP contribution in [0.15, 0.2) is 35.5 Å². The van der Waals surface area contributed by atoms with Gasteiger partial charge in [0, 0.05) is 0 Å². The highest BCUT2D eigenvalue weighted by molar-refractivity contribution is 5.38. The molecule has 0 spiro atoms. The molecule has 64 valence electrons. The standard InChI is InChI=1S/C11H14O/c1-9-2-4-10-6-7-12-8-11(10)5-3-9/h2-5,9H,6-8H2,1H3. The molecule has 1 heteroatoms. The third kappa shape index (κ3) is 1.51. The molecule has 12 heavy (non-hydrogen) atoms. The fourth-order valence-corrected chi connectivity index (χ4v) is 1.56. The molecule has 2 aliphatic rings. The van der Waals surface area contributed by atoms with E-state index in [4.69, 9.17) is 4.74 Å². The number of ether oxygens (including phenoxy) is 1. The maximum atomic E-state index is 5.39. The van der Waals surface area contributed by atoms with Crippen LogP contribution < -0.4 is 0 Å². The topological polar surface area (TPSA) is 9.23 Å². The van der Waals surface area contributed by atoms with Gasteiger partial charge in [-0.2, -0.15) is 0 Å². The third-order valence-electron chi connectivity index (χ3n) is 2.39. The maximum Gasteiger partial charge on any atom is 0.0719 e. The van der Waals surface area contributed by atoms with Crippen LogP contribution >= 0.6 is 0 Å². The Morgan fingerprint density at radius 2 is 2.00 bits per heavy atom. The fourth-order valence-electron chi connectivity index (χ4n) is 1.56. The van der Waals surface area contributed by atoms with Crippen molar-refractivity contribution in [2.45, 2.75) is 13.3 Å². The Bertz CT molecular complexity index is 232. The highest BCUT2D eigenvalue weighted by atomic mass is 16.5. The molecule has 0 bridgehead atoms. The van der Waals surface area contributed by atoms with Crippen LogP contribution in [-0.2, 0) is 4.74 Å². The Morgan fingerprint density at radius 3 is 2.83 bits per heavy atom. The number of hydrogen-bond donors (Lipinski definition) is 0. The Kier molecular flexibility index (Phi) is 2.13. The molecule has 0 radical (unpaired) electrons. The summed E-state index contributed by atoms with van der Waals surface area (Å²) in [6, 6.07) is 0. The van der Waals surface area contributed by atoms with Crippen LogP contribution in [-0.4, -0.2) is 13.2 Å². The predicted octanol–water partition coefficient (Wildman–Crippen LogP) is 2.47. The van der Waals surface area contributed by atoms with Crippen LogP contribution in [0.3, 0.4) is 0 Å². The van der Waals surface area contributed by atoms with Gasteiger partial charge in [0.05, 0.1) is 13.2 Å². The summed E-state index contributed by atoms with van der Waals surface area (Å²) in [5, 5.41) is 0. The summed E-state index contributed by atoms with van der Waals surface area (Å²) >= 11 is 0. The van der Waals surface area contributed by atoms with Crippen molar-refractivity contribution < 1.29 is 4.74 Å². The van der Waals surface area contributed by atoms with E-state index in [9.17, 15) is 0 Å². The van der Waals surface area contributed by atoms with E-state index >= 15 is 0 Å². The molecule has 0 saturated carbocycles. The third-order valence-corrected chi connectivity index (χ3v) is 2.39. The summed E-state index contributed by atoms with van der Waals surface area (Å²) in [4.78, 5) is 0. The van der Waals surface area contributed by atoms with Crippen LogP contribution in [0.5, 0.6) is 0 Å². The van der Waals surface area contributed by atoms with Crippen molar-refractivity contribution in [2.75, 3.05) is 13.2 Å². The molecule has 2 rings (SSSR count). The van der Waals surface area contributed by atoms with Crippen LogP contribution in [0, 0.1) is 5.92 Å². The van der Waals surface area contributed by atoms with Crippen molar-refractivity contribution >= 4 is 0 Å². The normalized spacial score (nSPS) is 28.6. The summed E-state index contributed by atoms with van der Waals surface area (Å²) in [6.07, 6.45) is 10.0. The van der Waals surface area contributed by atoms with Gasteiger partial charge in [0.2, 0.25) is 0 Å². The van der Waals surface area contributed by atoms with Crippen molar-refractivity contribution in [2.24, 2.45) is 5.92 Å². The second-order valence-corrected chi connectivity index (χ2v) is 3.43. The molecule has 1 aliphatic carbocycles. The molecule has 0 aromatic rings. The number of allylic oxidation sites excluding steroid dienone is 3. The van der Waals surface area contributed by atoms with E-state index < -0.39 is 0 Å².